The lowest BCUT2D eigenvalue weighted by atomic mass is 10.1. The summed E-state index contributed by atoms with van der Waals surface area (Å²) in [6.07, 6.45) is 3.78. The molecule has 0 amide bonds. The van der Waals surface area contributed by atoms with Crippen molar-refractivity contribution in [3.8, 4) is 5.69 Å². The van der Waals surface area contributed by atoms with E-state index in [1.807, 2.05) is 36.7 Å². The zero-order valence-electron chi connectivity index (χ0n) is 22.1. The highest BCUT2D eigenvalue weighted by molar-refractivity contribution is 7.00. The topological polar surface area (TPSA) is 30.7 Å². The van der Waals surface area contributed by atoms with Crippen molar-refractivity contribution in [3.63, 3.8) is 0 Å². The van der Waals surface area contributed by atoms with E-state index in [4.69, 9.17) is 9.97 Å². The van der Waals surface area contributed by atoms with E-state index in [9.17, 15) is 4.39 Å². The lowest BCUT2D eigenvalue weighted by molar-refractivity contribution is 0.627. The van der Waals surface area contributed by atoms with Crippen LogP contribution in [0.4, 0.5) is 4.39 Å². The second kappa shape index (κ2) is 9.15. The summed E-state index contributed by atoms with van der Waals surface area (Å²) in [5.41, 5.74) is 3.20. The molecule has 3 aromatic heterocycles. The summed E-state index contributed by atoms with van der Waals surface area (Å²) in [4.78, 5) is 9.46. The minimum atomic E-state index is -2.01. The Bertz CT molecular complexity index is 1650. The smallest absolute Gasteiger partial charge is 0.135 e. The number of nitrogens with zero attached hydrogens (tertiary/aromatic N) is 3. The van der Waals surface area contributed by atoms with E-state index in [0.29, 0.717) is 0 Å². The van der Waals surface area contributed by atoms with Crippen LogP contribution < -0.4 is 21.0 Å². The van der Waals surface area contributed by atoms with Gasteiger partial charge in [0, 0.05) is 39.5 Å². The van der Waals surface area contributed by atoms with Crippen LogP contribution in [0.25, 0.3) is 27.5 Å². The molecule has 0 saturated carbocycles. The van der Waals surface area contributed by atoms with Crippen LogP contribution in [0.2, 0.25) is 26.2 Å². The molecular formula is C32H30FN3Si2. The number of hydrogen-bond acceptors (Lipinski definition) is 2. The molecule has 0 saturated heterocycles. The summed E-state index contributed by atoms with van der Waals surface area (Å²) < 4.78 is 16.1. The van der Waals surface area contributed by atoms with E-state index >= 15 is 0 Å². The van der Waals surface area contributed by atoms with Crippen molar-refractivity contribution in [2.75, 3.05) is 0 Å². The van der Waals surface area contributed by atoms with E-state index in [1.54, 1.807) is 0 Å². The van der Waals surface area contributed by atoms with Crippen molar-refractivity contribution < 1.29 is 4.39 Å². The van der Waals surface area contributed by atoms with Crippen molar-refractivity contribution in [3.05, 3.63) is 115 Å². The van der Waals surface area contributed by atoms with Crippen LogP contribution in [-0.2, 0) is 0 Å². The van der Waals surface area contributed by atoms with Crippen LogP contribution in [0.1, 0.15) is 0 Å². The van der Waals surface area contributed by atoms with Gasteiger partial charge in [0.1, 0.15) is 22.0 Å². The summed E-state index contributed by atoms with van der Waals surface area (Å²) in [7, 11) is -4.02. The van der Waals surface area contributed by atoms with E-state index in [2.05, 4.69) is 91.4 Å². The third kappa shape index (κ3) is 4.01. The van der Waals surface area contributed by atoms with Gasteiger partial charge >= 0.3 is 0 Å². The van der Waals surface area contributed by atoms with Crippen LogP contribution in [0, 0.1) is 5.82 Å². The first kappa shape index (κ1) is 24.5. The Morgan fingerprint density at radius 3 is 1.47 bits per heavy atom. The lowest BCUT2D eigenvalue weighted by Gasteiger charge is -2.23. The first-order chi connectivity index (χ1) is 18.3. The molecule has 0 unspecified atom stereocenters. The Labute approximate surface area is 224 Å². The molecule has 3 heterocycles. The number of fused-ring (bicyclic) bond motifs is 3. The molecule has 0 atom stereocenters. The molecule has 0 N–H and O–H groups in total. The van der Waals surface area contributed by atoms with E-state index < -0.39 is 16.1 Å². The van der Waals surface area contributed by atoms with Gasteiger partial charge in [-0.05, 0) is 60.7 Å². The third-order valence-electron chi connectivity index (χ3n) is 7.90. The molecule has 0 fully saturated rings. The average molecular weight is 532 g/mol. The van der Waals surface area contributed by atoms with Gasteiger partial charge in [-0.3, -0.25) is 9.97 Å². The van der Waals surface area contributed by atoms with Crippen LogP contribution in [0.3, 0.4) is 0 Å². The molecule has 3 nitrogen and oxygen atoms in total. The van der Waals surface area contributed by atoms with Gasteiger partial charge in [0.2, 0.25) is 0 Å². The Morgan fingerprint density at radius 2 is 1.05 bits per heavy atom. The first-order valence-electron chi connectivity index (χ1n) is 12.9. The molecule has 0 bridgehead atoms. The Balaban J connectivity index is 1.62. The predicted octanol–water partition coefficient (Wildman–Crippen LogP) is 5.36. The number of halogens is 1. The molecule has 6 rings (SSSR count). The third-order valence-corrected chi connectivity index (χ3v) is 14.6. The fourth-order valence-corrected chi connectivity index (χ4v) is 9.85. The van der Waals surface area contributed by atoms with Gasteiger partial charge in [-0.15, -0.1) is 0 Å². The Hall–Kier alpha value is -3.88. The summed E-state index contributed by atoms with van der Waals surface area (Å²) in [6.45, 7) is 9.44. The van der Waals surface area contributed by atoms with Gasteiger partial charge in [-0.1, -0.05) is 73.0 Å². The number of pyridine rings is 2. The van der Waals surface area contributed by atoms with Gasteiger partial charge < -0.3 is 4.57 Å². The summed E-state index contributed by atoms with van der Waals surface area (Å²) in [6, 6.07) is 32.9. The summed E-state index contributed by atoms with van der Waals surface area (Å²) in [5, 5.41) is 7.45. The molecule has 0 aliphatic heterocycles. The summed E-state index contributed by atoms with van der Waals surface area (Å²) in [5.74, 6) is -0.231. The average Bonchev–Trinajstić information content (AvgIpc) is 3.27. The molecule has 0 radical (unpaired) electrons. The maximum absolute atomic E-state index is 13.8. The van der Waals surface area contributed by atoms with Crippen LogP contribution in [0.5, 0.6) is 0 Å². The van der Waals surface area contributed by atoms with Crippen molar-refractivity contribution in [1.82, 2.24) is 14.5 Å². The molecule has 0 spiro atoms. The quantitative estimate of drug-likeness (QED) is 0.281. The second-order valence-electron chi connectivity index (χ2n) is 11.0. The number of rotatable bonds is 5. The van der Waals surface area contributed by atoms with Crippen molar-refractivity contribution in [2.45, 2.75) is 26.2 Å². The zero-order chi connectivity index (χ0) is 26.5. The monoisotopic (exact) mass is 531 g/mol. The normalized spacial score (nSPS) is 12.3. The zero-order valence-corrected chi connectivity index (χ0v) is 24.1. The van der Waals surface area contributed by atoms with Gasteiger partial charge in [-0.2, -0.15) is 0 Å². The summed E-state index contributed by atoms with van der Waals surface area (Å²) >= 11 is 0. The minimum Gasteiger partial charge on any atom is -0.309 e. The maximum atomic E-state index is 13.8. The number of aromatic nitrogens is 3. The fraction of sp³-hybridized carbons (Fsp3) is 0.125. The highest BCUT2D eigenvalue weighted by atomic mass is 28.3. The Morgan fingerprint density at radius 1 is 0.579 bits per heavy atom. The molecule has 6 aromatic rings. The Kier molecular flexibility index (Phi) is 5.89. The minimum absolute atomic E-state index is 0.231. The van der Waals surface area contributed by atoms with Crippen molar-refractivity contribution in [1.29, 1.82) is 0 Å². The van der Waals surface area contributed by atoms with Crippen LogP contribution in [0.15, 0.2) is 109 Å². The highest BCUT2D eigenvalue weighted by Gasteiger charge is 2.30. The van der Waals surface area contributed by atoms with E-state index in [0.717, 1.165) is 16.7 Å². The van der Waals surface area contributed by atoms with Gasteiger partial charge in [0.15, 0.2) is 0 Å². The van der Waals surface area contributed by atoms with Crippen molar-refractivity contribution >= 4 is 59.0 Å². The molecule has 0 aliphatic rings. The number of benzene rings is 3. The van der Waals surface area contributed by atoms with Crippen LogP contribution in [-0.4, -0.2) is 30.7 Å². The van der Waals surface area contributed by atoms with Crippen LogP contribution >= 0.6 is 0 Å². The van der Waals surface area contributed by atoms with Crippen molar-refractivity contribution in [2.24, 2.45) is 0 Å². The maximum Gasteiger partial charge on any atom is 0.135 e. The molecule has 0 aliphatic carbocycles. The second-order valence-corrected chi connectivity index (χ2v) is 19.6. The highest BCUT2D eigenvalue weighted by Crippen LogP contribution is 2.32. The largest absolute Gasteiger partial charge is 0.309 e. The first-order valence-corrected chi connectivity index (χ1v) is 18.9. The molecule has 6 heteroatoms. The standard InChI is InChI=1S/C32H30FN3Si2/c1-37(2,31-9-5-7-19-34-31)25-15-17-29-27(21-25)28-22-26(38(3,4)32-10-6-8-20-35-32)16-18-30(28)36(29)24-13-11-23(33)12-14-24/h5-22H,1-4H3. The van der Waals surface area contributed by atoms with E-state index in [-0.39, 0.29) is 5.82 Å². The van der Waals surface area contributed by atoms with Gasteiger partial charge in [0.05, 0.1) is 11.0 Å². The van der Waals surface area contributed by atoms with Gasteiger partial charge in [0.25, 0.3) is 0 Å². The SMILES string of the molecule is C[Si](C)(c1ccc2c(c1)c1cc([Si](C)(C)c3ccccn3)ccc1n2-c1ccc(F)cc1)c1ccccn1. The predicted molar refractivity (Wildman–Crippen MR) is 163 cm³/mol. The fourth-order valence-electron chi connectivity index (χ4n) is 5.43. The number of hydrogen-bond donors (Lipinski definition) is 0. The molecule has 38 heavy (non-hydrogen) atoms. The molecule has 188 valence electrons. The lowest BCUT2D eigenvalue weighted by Crippen LogP contribution is -2.54. The van der Waals surface area contributed by atoms with E-state index in [1.165, 1.54) is 43.9 Å². The van der Waals surface area contributed by atoms with Gasteiger partial charge in [-0.25, -0.2) is 4.39 Å². The molecular weight excluding hydrogens is 502 g/mol. The molecule has 3 aromatic carbocycles.